The van der Waals surface area contributed by atoms with Gasteiger partial charge >= 0.3 is 0 Å². The van der Waals surface area contributed by atoms with Crippen LogP contribution in [0.5, 0.6) is 0 Å². The van der Waals surface area contributed by atoms with Crippen molar-refractivity contribution < 1.29 is 0 Å². The molecule has 0 radical (unpaired) electrons. The fourth-order valence-corrected chi connectivity index (χ4v) is 2.17. The summed E-state index contributed by atoms with van der Waals surface area (Å²) in [6.07, 6.45) is 3.66. The van der Waals surface area contributed by atoms with Gasteiger partial charge < -0.3 is 5.73 Å². The minimum Gasteiger partial charge on any atom is -0.330 e. The summed E-state index contributed by atoms with van der Waals surface area (Å²) in [5.41, 5.74) is 8.48. The van der Waals surface area contributed by atoms with Crippen LogP contribution in [-0.2, 0) is 12.5 Å². The van der Waals surface area contributed by atoms with Gasteiger partial charge in [-0.05, 0) is 38.8 Å². The number of hydrogen-bond acceptors (Lipinski definition) is 2. The van der Waals surface area contributed by atoms with Crippen LogP contribution >= 0.6 is 0 Å². The first-order chi connectivity index (χ1) is 6.18. The number of rotatable bonds is 3. The molecule has 13 heavy (non-hydrogen) atoms. The lowest BCUT2D eigenvalue weighted by Gasteiger charge is -2.13. The first-order valence-electron chi connectivity index (χ1n) is 4.89. The molecule has 0 saturated heterocycles. The van der Waals surface area contributed by atoms with Gasteiger partial charge in [-0.3, -0.25) is 4.68 Å². The van der Waals surface area contributed by atoms with E-state index >= 15 is 0 Å². The van der Waals surface area contributed by atoms with Crippen molar-refractivity contribution in [2.75, 3.05) is 6.54 Å². The normalized spacial score (nSPS) is 19.0. The second-order valence-corrected chi connectivity index (χ2v) is 4.11. The molecule has 0 spiro atoms. The van der Waals surface area contributed by atoms with Crippen LogP contribution in [0.4, 0.5) is 0 Å². The summed E-state index contributed by atoms with van der Waals surface area (Å²) in [5, 5.41) is 4.38. The Hall–Kier alpha value is -0.830. The van der Waals surface area contributed by atoms with E-state index in [2.05, 4.69) is 11.2 Å². The third kappa shape index (κ3) is 1.37. The van der Waals surface area contributed by atoms with Gasteiger partial charge in [-0.15, -0.1) is 0 Å². The van der Waals surface area contributed by atoms with E-state index in [0.29, 0.717) is 5.41 Å². The highest BCUT2D eigenvalue weighted by Crippen LogP contribution is 2.50. The Bertz CT molecular complexity index is 310. The molecule has 1 aliphatic carbocycles. The number of nitrogens with two attached hydrogens (primary N) is 1. The van der Waals surface area contributed by atoms with E-state index in [0.717, 1.165) is 18.7 Å². The van der Waals surface area contributed by atoms with Crippen LogP contribution in [0.25, 0.3) is 0 Å². The maximum Gasteiger partial charge on any atom is 0.0596 e. The molecule has 1 aliphatic rings. The maximum absolute atomic E-state index is 5.62. The SMILES string of the molecule is Cc1cc(C2(CCN)CC2)n(C)n1. The fourth-order valence-electron chi connectivity index (χ4n) is 2.17. The lowest BCUT2D eigenvalue weighted by Crippen LogP contribution is -2.16. The lowest BCUT2D eigenvalue weighted by molar-refractivity contribution is 0.560. The summed E-state index contributed by atoms with van der Waals surface area (Å²) in [6, 6.07) is 2.20. The molecule has 1 aromatic heterocycles. The van der Waals surface area contributed by atoms with Crippen molar-refractivity contribution in [1.29, 1.82) is 0 Å². The van der Waals surface area contributed by atoms with Gasteiger partial charge in [-0.25, -0.2) is 0 Å². The highest BCUT2D eigenvalue weighted by atomic mass is 15.3. The zero-order valence-electron chi connectivity index (χ0n) is 8.38. The Morgan fingerprint density at radius 2 is 2.31 bits per heavy atom. The Kier molecular flexibility index (Phi) is 1.91. The molecule has 1 aromatic rings. The molecule has 2 rings (SSSR count). The molecule has 0 aromatic carbocycles. The summed E-state index contributed by atoms with van der Waals surface area (Å²) in [7, 11) is 2.03. The monoisotopic (exact) mass is 179 g/mol. The largest absolute Gasteiger partial charge is 0.330 e. The van der Waals surface area contributed by atoms with Crippen LogP contribution in [0, 0.1) is 6.92 Å². The molecule has 1 heterocycles. The molecule has 0 bridgehead atoms. The summed E-state index contributed by atoms with van der Waals surface area (Å²) in [6.45, 7) is 2.83. The molecule has 0 amide bonds. The zero-order valence-corrected chi connectivity index (χ0v) is 8.38. The predicted molar refractivity (Wildman–Crippen MR) is 52.5 cm³/mol. The third-order valence-electron chi connectivity index (χ3n) is 3.02. The number of aryl methyl sites for hydroxylation is 2. The van der Waals surface area contributed by atoms with Crippen molar-refractivity contribution in [2.24, 2.45) is 12.8 Å². The number of hydrogen-bond donors (Lipinski definition) is 1. The van der Waals surface area contributed by atoms with Gasteiger partial charge in [0.25, 0.3) is 0 Å². The van der Waals surface area contributed by atoms with Crippen molar-refractivity contribution in [1.82, 2.24) is 9.78 Å². The fraction of sp³-hybridized carbons (Fsp3) is 0.700. The molecule has 2 N–H and O–H groups in total. The molecule has 0 unspecified atom stereocenters. The second-order valence-electron chi connectivity index (χ2n) is 4.11. The minimum absolute atomic E-state index is 0.380. The van der Waals surface area contributed by atoms with E-state index in [4.69, 9.17) is 5.73 Å². The standard InChI is InChI=1S/C10H17N3/c1-8-7-9(13(2)12-8)10(3-4-10)5-6-11/h7H,3-6,11H2,1-2H3. The molecule has 3 heteroatoms. The first kappa shape index (κ1) is 8.75. The summed E-state index contributed by atoms with van der Waals surface area (Å²) < 4.78 is 2.01. The number of aromatic nitrogens is 2. The van der Waals surface area contributed by atoms with E-state index < -0.39 is 0 Å². The van der Waals surface area contributed by atoms with Gasteiger partial charge in [-0.1, -0.05) is 0 Å². The Morgan fingerprint density at radius 1 is 1.62 bits per heavy atom. The first-order valence-corrected chi connectivity index (χ1v) is 4.89. The molecule has 1 saturated carbocycles. The molecule has 3 nitrogen and oxygen atoms in total. The maximum atomic E-state index is 5.62. The van der Waals surface area contributed by atoms with E-state index in [1.54, 1.807) is 0 Å². The smallest absolute Gasteiger partial charge is 0.0596 e. The Labute approximate surface area is 78.9 Å². The molecule has 0 atom stereocenters. The van der Waals surface area contributed by atoms with Crippen molar-refractivity contribution in [3.63, 3.8) is 0 Å². The van der Waals surface area contributed by atoms with Crippen molar-refractivity contribution in [3.05, 3.63) is 17.5 Å². The lowest BCUT2D eigenvalue weighted by atomic mass is 9.98. The van der Waals surface area contributed by atoms with Gasteiger partial charge in [0.2, 0.25) is 0 Å². The highest BCUT2D eigenvalue weighted by molar-refractivity contribution is 5.26. The van der Waals surface area contributed by atoms with Gasteiger partial charge in [0, 0.05) is 18.2 Å². The molecular formula is C10H17N3. The minimum atomic E-state index is 0.380. The quantitative estimate of drug-likeness (QED) is 0.755. The van der Waals surface area contributed by atoms with Gasteiger partial charge in [-0.2, -0.15) is 5.10 Å². The van der Waals surface area contributed by atoms with Gasteiger partial charge in [0.15, 0.2) is 0 Å². The van der Waals surface area contributed by atoms with Crippen LogP contribution in [-0.4, -0.2) is 16.3 Å². The average Bonchev–Trinajstić information content (AvgIpc) is 2.74. The summed E-state index contributed by atoms with van der Waals surface area (Å²) >= 11 is 0. The van der Waals surface area contributed by atoms with Crippen LogP contribution in [0.2, 0.25) is 0 Å². The average molecular weight is 179 g/mol. The molecule has 72 valence electrons. The highest BCUT2D eigenvalue weighted by Gasteiger charge is 2.45. The van der Waals surface area contributed by atoms with E-state index in [1.807, 2.05) is 18.7 Å². The van der Waals surface area contributed by atoms with Crippen LogP contribution in [0.3, 0.4) is 0 Å². The van der Waals surface area contributed by atoms with Crippen molar-refractivity contribution in [3.8, 4) is 0 Å². The third-order valence-corrected chi connectivity index (χ3v) is 3.02. The summed E-state index contributed by atoms with van der Waals surface area (Å²) in [4.78, 5) is 0. The van der Waals surface area contributed by atoms with E-state index in [-0.39, 0.29) is 0 Å². The van der Waals surface area contributed by atoms with Gasteiger partial charge in [0.05, 0.1) is 5.69 Å². The second kappa shape index (κ2) is 2.84. The zero-order chi connectivity index (χ0) is 9.47. The van der Waals surface area contributed by atoms with Gasteiger partial charge in [0.1, 0.15) is 0 Å². The van der Waals surface area contributed by atoms with E-state index in [9.17, 15) is 0 Å². The number of nitrogens with zero attached hydrogens (tertiary/aromatic N) is 2. The Morgan fingerprint density at radius 3 is 2.69 bits per heavy atom. The van der Waals surface area contributed by atoms with Crippen LogP contribution in [0.15, 0.2) is 6.07 Å². The molecular weight excluding hydrogens is 162 g/mol. The van der Waals surface area contributed by atoms with Crippen molar-refractivity contribution in [2.45, 2.75) is 31.6 Å². The topological polar surface area (TPSA) is 43.8 Å². The molecule has 0 aliphatic heterocycles. The Balaban J connectivity index is 2.29. The molecule has 1 fully saturated rings. The predicted octanol–water partition coefficient (Wildman–Crippen LogP) is 1.11. The van der Waals surface area contributed by atoms with Crippen molar-refractivity contribution >= 4 is 0 Å². The van der Waals surface area contributed by atoms with Crippen LogP contribution < -0.4 is 5.73 Å². The van der Waals surface area contributed by atoms with Crippen LogP contribution in [0.1, 0.15) is 30.7 Å². The van der Waals surface area contributed by atoms with E-state index in [1.165, 1.54) is 18.5 Å². The summed E-state index contributed by atoms with van der Waals surface area (Å²) in [5.74, 6) is 0.